The number of halogens is 1. The van der Waals surface area contributed by atoms with Gasteiger partial charge < -0.3 is 19.7 Å². The second kappa shape index (κ2) is 8.76. The van der Waals surface area contributed by atoms with Crippen molar-refractivity contribution >= 4 is 35.1 Å². The zero-order valence-corrected chi connectivity index (χ0v) is 16.6. The molecule has 1 aromatic heterocycles. The summed E-state index contributed by atoms with van der Waals surface area (Å²) in [5, 5.41) is 20.6. The number of rotatable bonds is 6. The number of carboxylic acids is 1. The molecule has 0 spiro atoms. The van der Waals surface area contributed by atoms with Crippen molar-refractivity contribution in [1.82, 2.24) is 15.5 Å². The van der Waals surface area contributed by atoms with Gasteiger partial charge in [-0.3, -0.25) is 15.1 Å². The highest BCUT2D eigenvalue weighted by Crippen LogP contribution is 2.22. The largest absolute Gasteiger partial charge is 0.479 e. The average molecular weight is 442 g/mol. The number of carboxylic acid groups (broad SMARTS) is 1. The van der Waals surface area contributed by atoms with Gasteiger partial charge in [-0.25, -0.2) is 4.79 Å². The van der Waals surface area contributed by atoms with Gasteiger partial charge in [0.1, 0.15) is 12.0 Å². The molecule has 1 atom stereocenters. The quantitative estimate of drug-likeness (QED) is 0.498. The Morgan fingerprint density at radius 2 is 1.94 bits per heavy atom. The summed E-state index contributed by atoms with van der Waals surface area (Å²) in [6, 6.07) is 13.8. The molecule has 0 radical (unpaired) electrons. The topological polar surface area (TPSA) is 129 Å². The lowest BCUT2D eigenvalue weighted by molar-refractivity contribution is -0.147. The molecule has 1 unspecified atom stereocenters. The van der Waals surface area contributed by atoms with Crippen molar-refractivity contribution in [3.63, 3.8) is 0 Å². The Morgan fingerprint density at radius 3 is 2.58 bits per heavy atom. The SMILES string of the molecule is O=C(O)C1NN=C(Nc2ccc(Oc3ccon3)cc2)N(Cc2ccc(Cl)cc2)C1=O. The standard InChI is InChI=1S/C20H16ClN5O5/c21-13-3-1-12(2-4-13)11-26-18(27)17(19(28)29)23-24-20(26)22-14-5-7-15(8-6-14)31-16-9-10-30-25-16/h1-10,17,23H,11H2,(H,22,24)(H,28,29). The summed E-state index contributed by atoms with van der Waals surface area (Å²) in [5.41, 5.74) is 3.74. The van der Waals surface area contributed by atoms with Crippen LogP contribution in [-0.4, -0.2) is 39.0 Å². The number of ether oxygens (including phenoxy) is 1. The van der Waals surface area contributed by atoms with Crippen molar-refractivity contribution in [2.75, 3.05) is 5.32 Å². The van der Waals surface area contributed by atoms with E-state index in [-0.39, 0.29) is 12.5 Å². The molecule has 1 aliphatic heterocycles. The van der Waals surface area contributed by atoms with Gasteiger partial charge in [0.15, 0.2) is 0 Å². The molecule has 31 heavy (non-hydrogen) atoms. The van der Waals surface area contributed by atoms with E-state index in [9.17, 15) is 14.7 Å². The molecule has 2 aromatic carbocycles. The van der Waals surface area contributed by atoms with Crippen molar-refractivity contribution in [3.8, 4) is 11.6 Å². The Morgan fingerprint density at radius 1 is 1.19 bits per heavy atom. The zero-order valence-electron chi connectivity index (χ0n) is 15.9. The lowest BCUT2D eigenvalue weighted by atomic mass is 10.2. The molecule has 1 amide bonds. The number of benzene rings is 2. The van der Waals surface area contributed by atoms with Gasteiger partial charge in [0.05, 0.1) is 6.54 Å². The Hall–Kier alpha value is -4.05. The molecule has 2 heterocycles. The Kier molecular flexibility index (Phi) is 5.72. The first-order valence-corrected chi connectivity index (χ1v) is 9.44. The molecule has 4 rings (SSSR count). The summed E-state index contributed by atoms with van der Waals surface area (Å²) in [5.74, 6) is -0.957. The lowest BCUT2D eigenvalue weighted by Crippen LogP contribution is -2.57. The number of nitrogens with one attached hydrogen (secondary N) is 2. The number of anilines is 1. The summed E-state index contributed by atoms with van der Waals surface area (Å²) in [4.78, 5) is 25.4. The highest BCUT2D eigenvalue weighted by Gasteiger charge is 2.36. The third kappa shape index (κ3) is 4.75. The maximum Gasteiger partial charge on any atom is 0.337 e. The van der Waals surface area contributed by atoms with Crippen molar-refractivity contribution in [2.45, 2.75) is 12.6 Å². The average Bonchev–Trinajstić information content (AvgIpc) is 3.26. The highest BCUT2D eigenvalue weighted by molar-refractivity contribution is 6.30. The number of aliphatic carboxylic acids is 1. The van der Waals surface area contributed by atoms with E-state index in [2.05, 4.69) is 21.0 Å². The van der Waals surface area contributed by atoms with Gasteiger partial charge in [0.2, 0.25) is 12.0 Å². The fourth-order valence-corrected chi connectivity index (χ4v) is 2.92. The molecule has 158 valence electrons. The smallest absolute Gasteiger partial charge is 0.337 e. The normalized spacial score (nSPS) is 15.8. The molecule has 11 heteroatoms. The highest BCUT2D eigenvalue weighted by atomic mass is 35.5. The molecule has 10 nitrogen and oxygen atoms in total. The minimum Gasteiger partial charge on any atom is -0.479 e. The maximum atomic E-state index is 12.8. The van der Waals surface area contributed by atoms with Gasteiger partial charge in [-0.05, 0) is 47.1 Å². The number of guanidine groups is 1. The summed E-state index contributed by atoms with van der Waals surface area (Å²) in [6.45, 7) is 0.112. The molecule has 0 saturated carbocycles. The van der Waals surface area contributed by atoms with Gasteiger partial charge >= 0.3 is 5.97 Å². The molecule has 3 aromatic rings. The second-order valence-corrected chi connectivity index (χ2v) is 6.91. The van der Waals surface area contributed by atoms with E-state index in [4.69, 9.17) is 20.9 Å². The summed E-state index contributed by atoms with van der Waals surface area (Å²) in [6.07, 6.45) is 1.40. The first kappa shape index (κ1) is 20.2. The van der Waals surface area contributed by atoms with Crippen LogP contribution in [0.1, 0.15) is 5.56 Å². The number of amides is 1. The first-order valence-electron chi connectivity index (χ1n) is 9.07. The van der Waals surface area contributed by atoms with Crippen molar-refractivity contribution in [2.24, 2.45) is 5.10 Å². The number of hydrogen-bond donors (Lipinski definition) is 3. The van der Waals surface area contributed by atoms with Crippen LogP contribution >= 0.6 is 11.6 Å². The van der Waals surface area contributed by atoms with Crippen molar-refractivity contribution in [3.05, 3.63) is 71.4 Å². The second-order valence-electron chi connectivity index (χ2n) is 6.48. The number of carbonyl (C=O) groups is 2. The lowest BCUT2D eigenvalue weighted by Gasteiger charge is -2.31. The number of hydrazone groups is 1. The van der Waals surface area contributed by atoms with Crippen LogP contribution in [0.5, 0.6) is 11.6 Å². The fraction of sp³-hybridized carbons (Fsp3) is 0.100. The predicted octanol–water partition coefficient (Wildman–Crippen LogP) is 2.89. The molecule has 0 fully saturated rings. The van der Waals surface area contributed by atoms with E-state index in [1.54, 1.807) is 54.6 Å². The molecule has 0 aliphatic carbocycles. The van der Waals surface area contributed by atoms with Gasteiger partial charge in [0, 0.05) is 16.8 Å². The van der Waals surface area contributed by atoms with Crippen molar-refractivity contribution < 1.29 is 24.0 Å². The van der Waals surface area contributed by atoms with E-state index < -0.39 is 17.9 Å². The molecule has 3 N–H and O–H groups in total. The third-order valence-electron chi connectivity index (χ3n) is 4.32. The minimum absolute atomic E-state index is 0.112. The third-order valence-corrected chi connectivity index (χ3v) is 4.57. The summed E-state index contributed by atoms with van der Waals surface area (Å²) < 4.78 is 10.2. The minimum atomic E-state index is -1.48. The van der Waals surface area contributed by atoms with E-state index >= 15 is 0 Å². The van der Waals surface area contributed by atoms with Crippen LogP contribution in [0.3, 0.4) is 0 Å². The van der Waals surface area contributed by atoms with Crippen LogP contribution < -0.4 is 15.5 Å². The Labute approximate surface area is 181 Å². The van der Waals surface area contributed by atoms with Crippen LogP contribution in [0.2, 0.25) is 5.02 Å². The van der Waals surface area contributed by atoms with E-state index in [0.717, 1.165) is 5.56 Å². The number of carbonyl (C=O) groups excluding carboxylic acids is 1. The fourth-order valence-electron chi connectivity index (χ4n) is 2.79. The first-order chi connectivity index (χ1) is 15.0. The van der Waals surface area contributed by atoms with Gasteiger partial charge in [-0.15, -0.1) is 5.10 Å². The maximum absolute atomic E-state index is 12.8. The molecular formula is C20H16ClN5O5. The molecule has 0 bridgehead atoms. The van der Waals surface area contributed by atoms with E-state index in [1.807, 2.05) is 0 Å². The number of aromatic nitrogens is 1. The van der Waals surface area contributed by atoms with E-state index in [0.29, 0.717) is 22.3 Å². The predicted molar refractivity (Wildman–Crippen MR) is 111 cm³/mol. The molecular weight excluding hydrogens is 426 g/mol. The molecule has 0 saturated heterocycles. The van der Waals surface area contributed by atoms with Crippen LogP contribution in [0, 0.1) is 0 Å². The molecule has 1 aliphatic rings. The van der Waals surface area contributed by atoms with Gasteiger partial charge in [0.25, 0.3) is 11.8 Å². The van der Waals surface area contributed by atoms with Crippen LogP contribution in [0.25, 0.3) is 0 Å². The number of hydrogen-bond acceptors (Lipinski definition) is 8. The van der Waals surface area contributed by atoms with Crippen LogP contribution in [0.15, 0.2) is 70.5 Å². The summed E-state index contributed by atoms with van der Waals surface area (Å²) in [7, 11) is 0. The zero-order chi connectivity index (χ0) is 21.8. The van der Waals surface area contributed by atoms with Crippen molar-refractivity contribution in [1.29, 1.82) is 0 Å². The Balaban J connectivity index is 1.53. The van der Waals surface area contributed by atoms with Gasteiger partial charge in [-0.2, -0.15) is 0 Å². The Bertz CT molecular complexity index is 1100. The summed E-state index contributed by atoms with van der Waals surface area (Å²) >= 11 is 5.92. The monoisotopic (exact) mass is 441 g/mol. The number of nitrogens with zero attached hydrogens (tertiary/aromatic N) is 3. The van der Waals surface area contributed by atoms with Crippen LogP contribution in [-0.2, 0) is 16.1 Å². The van der Waals surface area contributed by atoms with E-state index in [1.165, 1.54) is 11.2 Å². The van der Waals surface area contributed by atoms with Crippen LogP contribution in [0.4, 0.5) is 5.69 Å². The van der Waals surface area contributed by atoms with Gasteiger partial charge in [-0.1, -0.05) is 23.7 Å².